The summed E-state index contributed by atoms with van der Waals surface area (Å²) in [6.45, 7) is 8.97. The first-order valence-corrected chi connectivity index (χ1v) is 9.17. The van der Waals surface area contributed by atoms with Crippen molar-refractivity contribution in [3.8, 4) is 16.3 Å². The van der Waals surface area contributed by atoms with E-state index in [0.717, 1.165) is 41.5 Å². The first kappa shape index (κ1) is 18.4. The van der Waals surface area contributed by atoms with Crippen LogP contribution in [0.15, 0.2) is 24.3 Å². The van der Waals surface area contributed by atoms with Gasteiger partial charge in [-0.3, -0.25) is 4.79 Å². The lowest BCUT2D eigenvalue weighted by Crippen LogP contribution is -2.32. The smallest absolute Gasteiger partial charge is 0.263 e. The Balaban J connectivity index is 1.99. The van der Waals surface area contributed by atoms with Gasteiger partial charge >= 0.3 is 0 Å². The Morgan fingerprint density at radius 2 is 1.92 bits per heavy atom. The topological polar surface area (TPSA) is 63.2 Å². The molecule has 0 atom stereocenters. The number of thiazole rings is 1. The largest absolute Gasteiger partial charge is 0.494 e. The van der Waals surface area contributed by atoms with Gasteiger partial charge in [-0.1, -0.05) is 6.92 Å². The van der Waals surface area contributed by atoms with Crippen molar-refractivity contribution >= 4 is 17.2 Å². The third-order valence-corrected chi connectivity index (χ3v) is 4.63. The van der Waals surface area contributed by atoms with E-state index < -0.39 is 0 Å². The molecule has 5 nitrogen and oxygen atoms in total. The minimum absolute atomic E-state index is 0.0551. The van der Waals surface area contributed by atoms with Crippen molar-refractivity contribution in [1.82, 2.24) is 15.6 Å². The van der Waals surface area contributed by atoms with Gasteiger partial charge in [0.25, 0.3) is 5.91 Å². The molecule has 0 bridgehead atoms. The molecule has 1 aromatic carbocycles. The number of ether oxygens (including phenoxy) is 1. The Bertz CT molecular complexity index is 653. The van der Waals surface area contributed by atoms with Crippen LogP contribution in [0, 0.1) is 6.92 Å². The minimum Gasteiger partial charge on any atom is -0.494 e. The molecule has 1 heterocycles. The molecule has 2 N–H and O–H groups in total. The van der Waals surface area contributed by atoms with Crippen LogP contribution in [0.25, 0.3) is 10.6 Å². The lowest BCUT2D eigenvalue weighted by molar-refractivity contribution is 0.0957. The van der Waals surface area contributed by atoms with Crippen molar-refractivity contribution in [2.45, 2.75) is 27.2 Å². The zero-order valence-corrected chi connectivity index (χ0v) is 15.3. The molecule has 1 amide bonds. The molecule has 0 aliphatic rings. The number of nitrogens with one attached hydrogen (secondary N) is 2. The third kappa shape index (κ3) is 5.04. The van der Waals surface area contributed by atoms with Gasteiger partial charge in [0.2, 0.25) is 0 Å². The van der Waals surface area contributed by atoms with Gasteiger partial charge in [0.15, 0.2) is 0 Å². The number of rotatable bonds is 9. The van der Waals surface area contributed by atoms with Crippen LogP contribution in [0.1, 0.15) is 35.6 Å². The first-order valence-electron chi connectivity index (χ1n) is 8.35. The van der Waals surface area contributed by atoms with Crippen LogP contribution in [0.4, 0.5) is 0 Å². The number of hydrogen-bond acceptors (Lipinski definition) is 5. The second-order valence-electron chi connectivity index (χ2n) is 5.40. The van der Waals surface area contributed by atoms with E-state index in [1.807, 2.05) is 38.1 Å². The predicted octanol–water partition coefficient (Wildman–Crippen LogP) is 3.25. The molecule has 0 radical (unpaired) electrons. The van der Waals surface area contributed by atoms with Gasteiger partial charge in [-0.05, 0) is 51.1 Å². The fourth-order valence-corrected chi connectivity index (χ4v) is 3.23. The van der Waals surface area contributed by atoms with E-state index in [-0.39, 0.29) is 5.91 Å². The Morgan fingerprint density at radius 3 is 2.58 bits per heavy atom. The van der Waals surface area contributed by atoms with Crippen molar-refractivity contribution in [3.63, 3.8) is 0 Å². The van der Waals surface area contributed by atoms with Gasteiger partial charge in [0, 0.05) is 18.7 Å². The van der Waals surface area contributed by atoms with Crippen molar-refractivity contribution in [2.24, 2.45) is 0 Å². The Kier molecular flexibility index (Phi) is 7.21. The second kappa shape index (κ2) is 9.39. The highest BCUT2D eigenvalue weighted by molar-refractivity contribution is 7.17. The SMILES string of the molecule is CCCNCCNC(=O)c1sc(-c2ccc(OCC)cc2)nc1C. The maximum atomic E-state index is 12.3. The van der Waals surface area contributed by atoms with Crippen LogP contribution >= 0.6 is 11.3 Å². The number of amides is 1. The van der Waals surface area contributed by atoms with Gasteiger partial charge in [-0.2, -0.15) is 0 Å². The summed E-state index contributed by atoms with van der Waals surface area (Å²) in [5.74, 6) is 0.785. The number of carbonyl (C=O) groups excluding carboxylic acids is 1. The molecule has 2 aromatic rings. The van der Waals surface area contributed by atoms with E-state index >= 15 is 0 Å². The predicted molar refractivity (Wildman–Crippen MR) is 98.9 cm³/mol. The molecular formula is C18H25N3O2S. The van der Waals surface area contributed by atoms with E-state index in [2.05, 4.69) is 22.5 Å². The van der Waals surface area contributed by atoms with Gasteiger partial charge in [0.05, 0.1) is 12.3 Å². The molecule has 1 aromatic heterocycles. The highest BCUT2D eigenvalue weighted by atomic mass is 32.1. The number of nitrogens with zero attached hydrogens (tertiary/aromatic N) is 1. The quantitative estimate of drug-likeness (QED) is 0.684. The van der Waals surface area contributed by atoms with E-state index in [9.17, 15) is 4.79 Å². The zero-order valence-electron chi connectivity index (χ0n) is 14.5. The molecule has 130 valence electrons. The lowest BCUT2D eigenvalue weighted by Gasteiger charge is -2.05. The van der Waals surface area contributed by atoms with Gasteiger partial charge in [-0.15, -0.1) is 11.3 Å². The summed E-state index contributed by atoms with van der Waals surface area (Å²) in [7, 11) is 0. The second-order valence-corrected chi connectivity index (χ2v) is 6.40. The molecule has 0 saturated carbocycles. The maximum absolute atomic E-state index is 12.3. The Hall–Kier alpha value is -1.92. The average molecular weight is 347 g/mol. The van der Waals surface area contributed by atoms with Crippen molar-refractivity contribution < 1.29 is 9.53 Å². The van der Waals surface area contributed by atoms with Gasteiger partial charge < -0.3 is 15.4 Å². The number of aromatic nitrogens is 1. The zero-order chi connectivity index (χ0) is 17.4. The summed E-state index contributed by atoms with van der Waals surface area (Å²) in [4.78, 5) is 17.5. The average Bonchev–Trinajstić information content (AvgIpc) is 2.97. The molecule has 0 fully saturated rings. The van der Waals surface area contributed by atoms with E-state index in [4.69, 9.17) is 4.74 Å². The number of carbonyl (C=O) groups is 1. The van der Waals surface area contributed by atoms with Crippen LogP contribution in [0.3, 0.4) is 0 Å². The summed E-state index contributed by atoms with van der Waals surface area (Å²) in [5.41, 5.74) is 1.76. The molecule has 0 saturated heterocycles. The lowest BCUT2D eigenvalue weighted by atomic mass is 10.2. The van der Waals surface area contributed by atoms with Crippen molar-refractivity contribution in [3.05, 3.63) is 34.8 Å². The molecule has 0 unspecified atom stereocenters. The fourth-order valence-electron chi connectivity index (χ4n) is 2.24. The Labute approximate surface area is 147 Å². The maximum Gasteiger partial charge on any atom is 0.263 e. The number of hydrogen-bond donors (Lipinski definition) is 2. The molecule has 24 heavy (non-hydrogen) atoms. The van der Waals surface area contributed by atoms with Crippen LogP contribution in [-0.4, -0.2) is 37.1 Å². The molecule has 0 aliphatic carbocycles. The normalized spacial score (nSPS) is 10.6. The molecular weight excluding hydrogens is 322 g/mol. The van der Waals surface area contributed by atoms with Crippen molar-refractivity contribution in [1.29, 1.82) is 0 Å². The molecule has 0 spiro atoms. The molecule has 0 aliphatic heterocycles. The summed E-state index contributed by atoms with van der Waals surface area (Å²) in [6, 6.07) is 7.79. The van der Waals surface area contributed by atoms with Crippen LogP contribution in [-0.2, 0) is 0 Å². The number of aryl methyl sites for hydroxylation is 1. The highest BCUT2D eigenvalue weighted by Gasteiger charge is 2.15. The summed E-state index contributed by atoms with van der Waals surface area (Å²) in [5, 5.41) is 7.05. The monoisotopic (exact) mass is 347 g/mol. The first-order chi connectivity index (χ1) is 11.7. The fraction of sp³-hybridized carbons (Fsp3) is 0.444. The third-order valence-electron chi connectivity index (χ3n) is 3.43. The molecule has 2 rings (SSSR count). The number of benzene rings is 1. The van der Waals surface area contributed by atoms with Crippen LogP contribution < -0.4 is 15.4 Å². The summed E-state index contributed by atoms with van der Waals surface area (Å²) >= 11 is 1.42. The van der Waals surface area contributed by atoms with Crippen LogP contribution in [0.5, 0.6) is 5.75 Å². The molecule has 6 heteroatoms. The standard InChI is InChI=1S/C18H25N3O2S/c1-4-10-19-11-12-20-17(22)16-13(3)21-18(24-16)14-6-8-15(9-7-14)23-5-2/h6-9,19H,4-5,10-12H2,1-3H3,(H,20,22). The summed E-state index contributed by atoms with van der Waals surface area (Å²) < 4.78 is 5.45. The summed E-state index contributed by atoms with van der Waals surface area (Å²) in [6.07, 6.45) is 1.09. The van der Waals surface area contributed by atoms with Crippen molar-refractivity contribution in [2.75, 3.05) is 26.2 Å². The van der Waals surface area contributed by atoms with Gasteiger partial charge in [-0.25, -0.2) is 4.98 Å². The van der Waals surface area contributed by atoms with Crippen LogP contribution in [0.2, 0.25) is 0 Å². The minimum atomic E-state index is -0.0551. The Morgan fingerprint density at radius 1 is 1.17 bits per heavy atom. The van der Waals surface area contributed by atoms with E-state index in [1.165, 1.54) is 11.3 Å². The van der Waals surface area contributed by atoms with E-state index in [1.54, 1.807) is 0 Å². The van der Waals surface area contributed by atoms with Gasteiger partial charge in [0.1, 0.15) is 15.6 Å². The highest BCUT2D eigenvalue weighted by Crippen LogP contribution is 2.29. The van der Waals surface area contributed by atoms with E-state index in [0.29, 0.717) is 18.0 Å².